The minimum absolute atomic E-state index is 0.0439. The van der Waals surface area contributed by atoms with Gasteiger partial charge in [0.2, 0.25) is 0 Å². The Hall–Kier alpha value is -2.39. The molecular formula is C16H15ClF3N3O2S. The van der Waals surface area contributed by atoms with E-state index in [1.165, 1.54) is 26.4 Å². The van der Waals surface area contributed by atoms with Gasteiger partial charge < -0.3 is 25.8 Å². The number of ether oxygens (including phenoxy) is 2. The van der Waals surface area contributed by atoms with E-state index in [1.54, 1.807) is 6.07 Å². The van der Waals surface area contributed by atoms with Gasteiger partial charge >= 0.3 is 6.18 Å². The Bertz CT molecular complexity index is 831. The van der Waals surface area contributed by atoms with Crippen molar-refractivity contribution in [3.05, 3.63) is 40.9 Å². The maximum atomic E-state index is 12.9. The van der Waals surface area contributed by atoms with Crippen molar-refractivity contribution in [2.24, 2.45) is 0 Å². The highest BCUT2D eigenvalue weighted by atomic mass is 35.5. The molecule has 0 amide bonds. The van der Waals surface area contributed by atoms with Gasteiger partial charge in [-0.2, -0.15) is 13.2 Å². The summed E-state index contributed by atoms with van der Waals surface area (Å²) < 4.78 is 49.1. The van der Waals surface area contributed by atoms with Crippen LogP contribution in [-0.2, 0) is 6.18 Å². The second-order valence-corrected chi connectivity index (χ2v) is 5.88. The number of hydrogen-bond donors (Lipinski definition) is 3. The van der Waals surface area contributed by atoms with Crippen LogP contribution in [0.3, 0.4) is 0 Å². The predicted octanol–water partition coefficient (Wildman–Crippen LogP) is 4.77. The first-order valence-corrected chi connectivity index (χ1v) is 7.90. The fourth-order valence-corrected chi connectivity index (χ4v) is 2.59. The van der Waals surface area contributed by atoms with E-state index in [4.69, 9.17) is 39.0 Å². The van der Waals surface area contributed by atoms with Crippen molar-refractivity contribution in [1.29, 1.82) is 0 Å². The molecule has 0 saturated heterocycles. The molecular weight excluding hydrogens is 391 g/mol. The molecule has 140 valence electrons. The summed E-state index contributed by atoms with van der Waals surface area (Å²) in [5, 5.41) is 5.84. The number of anilines is 3. The number of nitrogens with two attached hydrogens (primary N) is 1. The fraction of sp³-hybridized carbons (Fsp3) is 0.188. The molecule has 0 aliphatic carbocycles. The van der Waals surface area contributed by atoms with Crippen LogP contribution in [0.15, 0.2) is 30.3 Å². The monoisotopic (exact) mass is 405 g/mol. The Morgan fingerprint density at radius 3 is 2.31 bits per heavy atom. The standard InChI is InChI=1S/C16H15ClF3N3O2S/c1-24-13-7-14(25-2)12(6-10(13)17)23-15(26)22-8-3-4-11(21)9(5-8)16(18,19)20/h3-7H,21H2,1-2H3,(H2,22,23,26). The largest absolute Gasteiger partial charge is 0.495 e. The zero-order valence-corrected chi connectivity index (χ0v) is 15.3. The first-order valence-electron chi connectivity index (χ1n) is 7.12. The Morgan fingerprint density at radius 2 is 1.73 bits per heavy atom. The molecule has 0 heterocycles. The van der Waals surface area contributed by atoms with E-state index in [1.807, 2.05) is 0 Å². The molecule has 0 saturated carbocycles. The predicted molar refractivity (Wildman–Crippen MR) is 100 cm³/mol. The molecule has 0 aromatic heterocycles. The Labute approximate surface area is 158 Å². The summed E-state index contributed by atoms with van der Waals surface area (Å²) in [6, 6.07) is 6.49. The van der Waals surface area contributed by atoms with Gasteiger partial charge in [-0.3, -0.25) is 0 Å². The summed E-state index contributed by atoms with van der Waals surface area (Å²) >= 11 is 11.2. The zero-order chi connectivity index (χ0) is 19.5. The SMILES string of the molecule is COc1cc(OC)c(NC(=S)Nc2ccc(N)c(C(F)(F)F)c2)cc1Cl. The molecule has 0 aliphatic rings. The van der Waals surface area contributed by atoms with E-state index in [2.05, 4.69) is 10.6 Å². The van der Waals surface area contributed by atoms with Crippen LogP contribution in [-0.4, -0.2) is 19.3 Å². The quantitative estimate of drug-likeness (QED) is 0.503. The van der Waals surface area contributed by atoms with Gasteiger partial charge in [-0.05, 0) is 36.5 Å². The van der Waals surface area contributed by atoms with Crippen molar-refractivity contribution in [2.75, 3.05) is 30.6 Å². The van der Waals surface area contributed by atoms with Gasteiger partial charge in [-0.15, -0.1) is 0 Å². The highest BCUT2D eigenvalue weighted by Gasteiger charge is 2.33. The molecule has 0 radical (unpaired) electrons. The lowest BCUT2D eigenvalue weighted by Crippen LogP contribution is -2.20. The van der Waals surface area contributed by atoms with Gasteiger partial charge in [-0.25, -0.2) is 0 Å². The van der Waals surface area contributed by atoms with Crippen LogP contribution >= 0.6 is 23.8 Å². The minimum Gasteiger partial charge on any atom is -0.495 e. The number of rotatable bonds is 4. The van der Waals surface area contributed by atoms with Crippen LogP contribution in [0.5, 0.6) is 11.5 Å². The van der Waals surface area contributed by atoms with Gasteiger partial charge in [-0.1, -0.05) is 11.6 Å². The second-order valence-electron chi connectivity index (χ2n) is 5.07. The zero-order valence-electron chi connectivity index (χ0n) is 13.7. The molecule has 4 N–H and O–H groups in total. The van der Waals surface area contributed by atoms with Crippen molar-refractivity contribution in [3.8, 4) is 11.5 Å². The first-order chi connectivity index (χ1) is 12.2. The topological polar surface area (TPSA) is 68.5 Å². The van der Waals surface area contributed by atoms with Crippen LogP contribution < -0.4 is 25.8 Å². The molecule has 0 fully saturated rings. The van der Waals surface area contributed by atoms with Crippen molar-refractivity contribution in [2.45, 2.75) is 6.18 Å². The van der Waals surface area contributed by atoms with Crippen molar-refractivity contribution < 1.29 is 22.6 Å². The summed E-state index contributed by atoms with van der Waals surface area (Å²) in [4.78, 5) is 0. The number of methoxy groups -OCH3 is 2. The van der Waals surface area contributed by atoms with Gasteiger partial charge in [0.1, 0.15) is 11.5 Å². The van der Waals surface area contributed by atoms with Crippen LogP contribution in [0.2, 0.25) is 5.02 Å². The third-order valence-corrected chi connectivity index (χ3v) is 3.84. The first kappa shape index (κ1) is 19.9. The third kappa shape index (κ3) is 4.61. The normalized spacial score (nSPS) is 11.0. The van der Waals surface area contributed by atoms with E-state index in [9.17, 15) is 13.2 Å². The average Bonchev–Trinajstić information content (AvgIpc) is 2.56. The van der Waals surface area contributed by atoms with Crippen LogP contribution in [0.1, 0.15) is 5.56 Å². The number of nitrogen functional groups attached to an aromatic ring is 1. The van der Waals surface area contributed by atoms with E-state index in [0.717, 1.165) is 12.1 Å². The Kier molecular flexibility index (Phi) is 6.04. The summed E-state index contributed by atoms with van der Waals surface area (Å²) in [6.07, 6.45) is -4.57. The Balaban J connectivity index is 2.21. The summed E-state index contributed by atoms with van der Waals surface area (Å²) in [5.74, 6) is 0.796. The lowest BCUT2D eigenvalue weighted by Gasteiger charge is -2.16. The maximum Gasteiger partial charge on any atom is 0.418 e. The molecule has 26 heavy (non-hydrogen) atoms. The second kappa shape index (κ2) is 7.88. The number of benzene rings is 2. The minimum atomic E-state index is -4.57. The van der Waals surface area contributed by atoms with E-state index in [0.29, 0.717) is 22.2 Å². The van der Waals surface area contributed by atoms with Gasteiger partial charge in [0.15, 0.2) is 5.11 Å². The van der Waals surface area contributed by atoms with E-state index < -0.39 is 11.7 Å². The molecule has 10 heteroatoms. The highest BCUT2D eigenvalue weighted by molar-refractivity contribution is 7.80. The summed E-state index contributed by atoms with van der Waals surface area (Å²) in [6.45, 7) is 0. The number of thiocarbonyl (C=S) groups is 1. The molecule has 0 unspecified atom stereocenters. The van der Waals surface area contributed by atoms with Crippen LogP contribution in [0.25, 0.3) is 0 Å². The van der Waals surface area contributed by atoms with Crippen LogP contribution in [0.4, 0.5) is 30.2 Å². The van der Waals surface area contributed by atoms with Crippen molar-refractivity contribution in [1.82, 2.24) is 0 Å². The lowest BCUT2D eigenvalue weighted by atomic mass is 10.1. The Morgan fingerprint density at radius 1 is 1.08 bits per heavy atom. The van der Waals surface area contributed by atoms with Crippen molar-refractivity contribution in [3.63, 3.8) is 0 Å². The van der Waals surface area contributed by atoms with Gasteiger partial charge in [0.25, 0.3) is 0 Å². The number of halogens is 4. The molecule has 0 bridgehead atoms. The lowest BCUT2D eigenvalue weighted by molar-refractivity contribution is -0.136. The van der Waals surface area contributed by atoms with E-state index in [-0.39, 0.29) is 16.5 Å². The molecule has 2 rings (SSSR count). The number of alkyl halides is 3. The van der Waals surface area contributed by atoms with Gasteiger partial charge in [0, 0.05) is 17.4 Å². The molecule has 2 aromatic rings. The van der Waals surface area contributed by atoms with E-state index >= 15 is 0 Å². The fourth-order valence-electron chi connectivity index (χ4n) is 2.12. The number of nitrogens with one attached hydrogen (secondary N) is 2. The van der Waals surface area contributed by atoms with Crippen molar-refractivity contribution >= 4 is 46.0 Å². The summed E-state index contributed by atoms with van der Waals surface area (Å²) in [5.41, 5.74) is 4.60. The van der Waals surface area contributed by atoms with Crippen LogP contribution in [0, 0.1) is 0 Å². The summed E-state index contributed by atoms with van der Waals surface area (Å²) in [7, 11) is 2.90. The molecule has 5 nitrogen and oxygen atoms in total. The third-order valence-electron chi connectivity index (χ3n) is 3.34. The smallest absolute Gasteiger partial charge is 0.418 e. The maximum absolute atomic E-state index is 12.9. The average molecular weight is 406 g/mol. The molecule has 0 aliphatic heterocycles. The number of hydrogen-bond acceptors (Lipinski definition) is 4. The molecule has 2 aromatic carbocycles. The molecule has 0 atom stereocenters. The highest BCUT2D eigenvalue weighted by Crippen LogP contribution is 2.37. The molecule has 0 spiro atoms. The van der Waals surface area contributed by atoms with Gasteiger partial charge in [0.05, 0.1) is 30.5 Å².